The molecule has 5 rings (SSSR count). The Morgan fingerprint density at radius 1 is 1.29 bits per heavy atom. The van der Waals surface area contributed by atoms with Gasteiger partial charge >= 0.3 is 0 Å². The summed E-state index contributed by atoms with van der Waals surface area (Å²) in [5.74, 6) is 0.0883. The van der Waals surface area contributed by atoms with Gasteiger partial charge in [0.1, 0.15) is 17.4 Å². The van der Waals surface area contributed by atoms with E-state index in [0.717, 1.165) is 5.56 Å². The number of benzene rings is 1. The smallest absolute Gasteiger partial charge is 0.164 e. The predicted molar refractivity (Wildman–Crippen MR) is 103 cm³/mol. The number of aromatic hydroxyl groups is 1. The van der Waals surface area contributed by atoms with Crippen molar-refractivity contribution in [2.45, 2.75) is 38.3 Å². The Hall–Kier alpha value is -3.37. The van der Waals surface area contributed by atoms with Gasteiger partial charge in [0, 0.05) is 23.2 Å². The molecule has 3 aromatic heterocycles. The second-order valence-electron chi connectivity index (χ2n) is 7.84. The van der Waals surface area contributed by atoms with Crippen LogP contribution in [-0.4, -0.2) is 30.6 Å². The lowest BCUT2D eigenvalue weighted by Gasteiger charge is -2.41. The van der Waals surface area contributed by atoms with Crippen LogP contribution in [0.2, 0.25) is 0 Å². The molecule has 0 bridgehead atoms. The van der Waals surface area contributed by atoms with Crippen molar-refractivity contribution in [3.63, 3.8) is 0 Å². The third-order valence-electron chi connectivity index (χ3n) is 5.63. The molecule has 0 amide bonds. The van der Waals surface area contributed by atoms with Gasteiger partial charge in [0.05, 0.1) is 28.5 Å². The molecule has 2 N–H and O–H groups in total. The van der Waals surface area contributed by atoms with Crippen molar-refractivity contribution in [3.05, 3.63) is 41.8 Å². The van der Waals surface area contributed by atoms with Crippen LogP contribution in [0, 0.1) is 18.3 Å². The van der Waals surface area contributed by atoms with Gasteiger partial charge in [0.15, 0.2) is 5.65 Å². The lowest BCUT2D eigenvalue weighted by Crippen LogP contribution is -2.41. The Morgan fingerprint density at radius 3 is 2.79 bits per heavy atom. The van der Waals surface area contributed by atoms with Crippen LogP contribution in [0.5, 0.6) is 5.75 Å². The second kappa shape index (κ2) is 5.57. The molecule has 0 atom stereocenters. The molecule has 0 radical (unpaired) electrons. The van der Waals surface area contributed by atoms with Gasteiger partial charge in [-0.25, -0.2) is 0 Å². The number of hydrogen-bond donors (Lipinski definition) is 2. The number of furan rings is 1. The molecule has 28 heavy (non-hydrogen) atoms. The first-order valence-corrected chi connectivity index (χ1v) is 9.09. The number of aryl methyl sites for hydroxylation is 1. The molecule has 1 aliphatic rings. The number of nitriles is 1. The summed E-state index contributed by atoms with van der Waals surface area (Å²) in [6.07, 6.45) is 4.53. The zero-order valence-electron chi connectivity index (χ0n) is 15.5. The van der Waals surface area contributed by atoms with Gasteiger partial charge in [-0.1, -0.05) is 0 Å². The number of phenolic OH excluding ortho intramolecular Hbond substituents is 1. The van der Waals surface area contributed by atoms with Gasteiger partial charge in [-0.15, -0.1) is 10.2 Å². The molecule has 3 heterocycles. The van der Waals surface area contributed by atoms with Gasteiger partial charge in [0.2, 0.25) is 0 Å². The van der Waals surface area contributed by atoms with Crippen LogP contribution in [0.25, 0.3) is 33.3 Å². The van der Waals surface area contributed by atoms with E-state index in [2.05, 4.69) is 16.3 Å². The number of aliphatic hydroxyl groups is 1. The fraction of sp³-hybridized carbons (Fsp3) is 0.286. The van der Waals surface area contributed by atoms with E-state index in [1.54, 1.807) is 18.3 Å². The minimum absolute atomic E-state index is 0.0883. The zero-order chi connectivity index (χ0) is 19.6. The van der Waals surface area contributed by atoms with E-state index in [0.29, 0.717) is 51.7 Å². The summed E-state index contributed by atoms with van der Waals surface area (Å²) < 4.78 is 7.30. The third kappa shape index (κ3) is 2.31. The van der Waals surface area contributed by atoms with Gasteiger partial charge < -0.3 is 19.2 Å². The van der Waals surface area contributed by atoms with Crippen LogP contribution in [0.1, 0.15) is 36.9 Å². The fourth-order valence-corrected chi connectivity index (χ4v) is 4.23. The molecule has 1 fully saturated rings. The summed E-state index contributed by atoms with van der Waals surface area (Å²) in [6, 6.07) is 7.67. The molecular formula is C21H18N4O3. The number of aromatic nitrogens is 3. The lowest BCUT2D eigenvalue weighted by atomic mass is 9.77. The van der Waals surface area contributed by atoms with Gasteiger partial charge in [-0.2, -0.15) is 5.26 Å². The SMILES string of the molecule is Cc1cc2occc2c(O)c1-c1cc2c(C#N)cn(C3CC(C)(O)C3)c2nn1. The molecule has 1 aromatic carbocycles. The summed E-state index contributed by atoms with van der Waals surface area (Å²) >= 11 is 0. The minimum Gasteiger partial charge on any atom is -0.506 e. The summed E-state index contributed by atoms with van der Waals surface area (Å²) in [4.78, 5) is 0. The fourth-order valence-electron chi connectivity index (χ4n) is 4.23. The minimum atomic E-state index is -0.676. The van der Waals surface area contributed by atoms with E-state index in [4.69, 9.17) is 4.42 Å². The summed E-state index contributed by atoms with van der Waals surface area (Å²) in [5, 5.41) is 40.4. The summed E-state index contributed by atoms with van der Waals surface area (Å²) in [5.41, 5.74) is 2.92. The molecule has 140 valence electrons. The molecule has 0 saturated heterocycles. The molecule has 1 aliphatic carbocycles. The molecule has 4 aromatic rings. The molecular weight excluding hydrogens is 356 g/mol. The van der Waals surface area contributed by atoms with Crippen LogP contribution >= 0.6 is 0 Å². The Bertz CT molecular complexity index is 1280. The topological polar surface area (TPSA) is 108 Å². The molecule has 7 nitrogen and oxygen atoms in total. The first-order chi connectivity index (χ1) is 13.4. The maximum atomic E-state index is 10.7. The maximum absolute atomic E-state index is 10.7. The van der Waals surface area contributed by atoms with Crippen molar-refractivity contribution >= 4 is 22.0 Å². The quantitative estimate of drug-likeness (QED) is 0.552. The van der Waals surface area contributed by atoms with Crippen molar-refractivity contribution in [3.8, 4) is 23.1 Å². The first-order valence-electron chi connectivity index (χ1n) is 9.09. The standard InChI is InChI=1S/C21H18N4O3/c1-11-5-17-14(3-4-28-17)19(26)18(11)16-6-15-12(9-22)10-25(20(15)24-23-16)13-7-21(2,27)8-13/h3-6,10,13,26-27H,7-8H2,1-2H3. The zero-order valence-corrected chi connectivity index (χ0v) is 15.5. The Kier molecular flexibility index (Phi) is 3.33. The molecule has 0 spiro atoms. The number of rotatable bonds is 2. The van der Waals surface area contributed by atoms with Crippen molar-refractivity contribution in [1.82, 2.24) is 14.8 Å². The Morgan fingerprint density at radius 2 is 2.07 bits per heavy atom. The average molecular weight is 374 g/mol. The predicted octanol–water partition coefficient (Wildman–Crippen LogP) is 3.82. The highest BCUT2D eigenvalue weighted by molar-refractivity contribution is 5.95. The van der Waals surface area contributed by atoms with E-state index < -0.39 is 5.60 Å². The normalized spacial score (nSPS) is 21.7. The van der Waals surface area contributed by atoms with E-state index in [1.165, 1.54) is 6.26 Å². The highest BCUT2D eigenvalue weighted by Gasteiger charge is 2.40. The molecule has 0 unspecified atom stereocenters. The van der Waals surface area contributed by atoms with E-state index in [-0.39, 0.29) is 11.8 Å². The summed E-state index contributed by atoms with van der Waals surface area (Å²) in [7, 11) is 0. The van der Waals surface area contributed by atoms with Crippen LogP contribution in [-0.2, 0) is 0 Å². The van der Waals surface area contributed by atoms with Crippen molar-refractivity contribution in [2.24, 2.45) is 0 Å². The number of nitrogens with zero attached hydrogens (tertiary/aromatic N) is 4. The van der Waals surface area contributed by atoms with Crippen molar-refractivity contribution < 1.29 is 14.6 Å². The lowest BCUT2D eigenvalue weighted by molar-refractivity contribution is -0.0498. The number of phenols is 1. The van der Waals surface area contributed by atoms with Crippen molar-refractivity contribution in [2.75, 3.05) is 0 Å². The van der Waals surface area contributed by atoms with Gasteiger partial charge in [-0.05, 0) is 50.5 Å². The van der Waals surface area contributed by atoms with Crippen molar-refractivity contribution in [1.29, 1.82) is 5.26 Å². The van der Waals surface area contributed by atoms with Crippen LogP contribution in [0.4, 0.5) is 0 Å². The Balaban J connectivity index is 1.68. The number of hydrogen-bond acceptors (Lipinski definition) is 6. The third-order valence-corrected chi connectivity index (χ3v) is 5.63. The van der Waals surface area contributed by atoms with E-state index in [9.17, 15) is 15.5 Å². The van der Waals surface area contributed by atoms with E-state index in [1.807, 2.05) is 24.5 Å². The van der Waals surface area contributed by atoms with Crippen LogP contribution in [0.3, 0.4) is 0 Å². The Labute approximate surface area is 160 Å². The van der Waals surface area contributed by atoms with Gasteiger partial charge in [0.25, 0.3) is 0 Å². The largest absolute Gasteiger partial charge is 0.506 e. The van der Waals surface area contributed by atoms with Crippen LogP contribution in [0.15, 0.2) is 35.1 Å². The van der Waals surface area contributed by atoms with Crippen LogP contribution < -0.4 is 0 Å². The monoisotopic (exact) mass is 374 g/mol. The second-order valence-corrected chi connectivity index (χ2v) is 7.84. The highest BCUT2D eigenvalue weighted by Crippen LogP contribution is 2.43. The van der Waals surface area contributed by atoms with Gasteiger partial charge in [-0.3, -0.25) is 0 Å². The average Bonchev–Trinajstić information content (AvgIpc) is 3.23. The van der Waals surface area contributed by atoms with E-state index >= 15 is 0 Å². The highest BCUT2D eigenvalue weighted by atomic mass is 16.3. The first kappa shape index (κ1) is 16.8. The number of fused-ring (bicyclic) bond motifs is 2. The molecule has 1 saturated carbocycles. The molecule has 0 aliphatic heterocycles. The maximum Gasteiger partial charge on any atom is 0.164 e. The summed E-state index contributed by atoms with van der Waals surface area (Å²) in [6.45, 7) is 3.68. The molecule has 7 heteroatoms.